The predicted octanol–water partition coefficient (Wildman–Crippen LogP) is 1.06. The highest BCUT2D eigenvalue weighted by molar-refractivity contribution is 7.18. The highest BCUT2D eigenvalue weighted by atomic mass is 32.1. The number of hydrogen-bond acceptors (Lipinski definition) is 5. The molecule has 0 saturated carbocycles. The van der Waals surface area contributed by atoms with E-state index in [0.29, 0.717) is 18.5 Å². The maximum atomic E-state index is 12.2. The van der Waals surface area contributed by atoms with Crippen LogP contribution in [-0.4, -0.2) is 41.2 Å². The van der Waals surface area contributed by atoms with Crippen LogP contribution in [0.15, 0.2) is 18.2 Å². The minimum Gasteiger partial charge on any atom is -0.391 e. The fourth-order valence-electron chi connectivity index (χ4n) is 2.42. The van der Waals surface area contributed by atoms with Crippen LogP contribution >= 0.6 is 11.3 Å². The summed E-state index contributed by atoms with van der Waals surface area (Å²) in [4.78, 5) is 16.6. The fourth-order valence-corrected chi connectivity index (χ4v) is 3.29. The Morgan fingerprint density at radius 2 is 2.40 bits per heavy atom. The molecule has 20 heavy (non-hydrogen) atoms. The average Bonchev–Trinajstić information content (AvgIpc) is 2.80. The molecule has 1 fully saturated rings. The first-order chi connectivity index (χ1) is 9.63. The van der Waals surface area contributed by atoms with Crippen molar-refractivity contribution in [1.82, 2.24) is 15.6 Å². The van der Waals surface area contributed by atoms with Gasteiger partial charge in [0, 0.05) is 12.1 Å². The second-order valence-electron chi connectivity index (χ2n) is 5.06. The quantitative estimate of drug-likeness (QED) is 0.773. The molecule has 1 aliphatic rings. The van der Waals surface area contributed by atoms with Gasteiger partial charge in [0.2, 0.25) is 0 Å². The Balaban J connectivity index is 1.77. The zero-order valence-electron chi connectivity index (χ0n) is 11.2. The number of benzene rings is 1. The topological polar surface area (TPSA) is 74.2 Å². The smallest absolute Gasteiger partial charge is 0.251 e. The van der Waals surface area contributed by atoms with E-state index in [9.17, 15) is 9.90 Å². The van der Waals surface area contributed by atoms with Gasteiger partial charge in [0.1, 0.15) is 0 Å². The van der Waals surface area contributed by atoms with Crippen LogP contribution in [0, 0.1) is 6.92 Å². The second kappa shape index (κ2) is 5.47. The summed E-state index contributed by atoms with van der Waals surface area (Å²) in [6, 6.07) is 5.27. The van der Waals surface area contributed by atoms with Crippen LogP contribution in [0.3, 0.4) is 0 Å². The van der Waals surface area contributed by atoms with Crippen molar-refractivity contribution in [2.24, 2.45) is 0 Å². The minimum atomic E-state index is -0.477. The summed E-state index contributed by atoms with van der Waals surface area (Å²) in [5.74, 6) is -0.147. The first kappa shape index (κ1) is 13.5. The van der Waals surface area contributed by atoms with E-state index in [1.807, 2.05) is 19.1 Å². The van der Waals surface area contributed by atoms with E-state index in [2.05, 4.69) is 15.6 Å². The molecule has 1 aliphatic heterocycles. The van der Waals surface area contributed by atoms with Gasteiger partial charge in [-0.2, -0.15) is 0 Å². The van der Waals surface area contributed by atoms with Crippen LogP contribution in [0.4, 0.5) is 0 Å². The highest BCUT2D eigenvalue weighted by Gasteiger charge is 2.24. The molecule has 106 valence electrons. The molecule has 0 spiro atoms. The molecule has 0 unspecified atom stereocenters. The van der Waals surface area contributed by atoms with Crippen molar-refractivity contribution in [1.29, 1.82) is 0 Å². The number of aromatic nitrogens is 1. The normalized spacial score (nSPS) is 22.9. The van der Waals surface area contributed by atoms with Gasteiger partial charge in [-0.05, 0) is 38.1 Å². The Morgan fingerprint density at radius 3 is 3.20 bits per heavy atom. The van der Waals surface area contributed by atoms with Gasteiger partial charge in [-0.25, -0.2) is 4.98 Å². The average molecular weight is 291 g/mol. The number of aliphatic hydroxyl groups excluding tert-OH is 1. The molecule has 1 aromatic heterocycles. The number of nitrogens with zero attached hydrogens (tertiary/aromatic N) is 1. The molecule has 3 rings (SSSR count). The lowest BCUT2D eigenvalue weighted by molar-refractivity contribution is 0.0755. The molecule has 1 aromatic carbocycles. The monoisotopic (exact) mass is 291 g/mol. The van der Waals surface area contributed by atoms with Gasteiger partial charge in [0.25, 0.3) is 5.91 Å². The number of aryl methyl sites for hydroxylation is 1. The zero-order chi connectivity index (χ0) is 14.1. The van der Waals surface area contributed by atoms with Crippen LogP contribution in [0.25, 0.3) is 10.2 Å². The number of rotatable bonds is 2. The molecule has 2 atom stereocenters. The highest BCUT2D eigenvalue weighted by Crippen LogP contribution is 2.22. The molecule has 0 aliphatic carbocycles. The number of hydrogen-bond donors (Lipinski definition) is 3. The lowest BCUT2D eigenvalue weighted by Gasteiger charge is -2.29. The van der Waals surface area contributed by atoms with E-state index < -0.39 is 6.10 Å². The molecule has 0 radical (unpaired) electrons. The minimum absolute atomic E-state index is 0.147. The number of carbonyl (C=O) groups is 1. The lowest BCUT2D eigenvalue weighted by atomic mass is 10.0. The van der Waals surface area contributed by atoms with E-state index in [1.165, 1.54) is 0 Å². The van der Waals surface area contributed by atoms with Crippen LogP contribution < -0.4 is 10.6 Å². The standard InChI is InChI=1S/C14H17N3O2S/c1-8-16-10-3-2-9(6-13(10)20-8)14(19)17-11-7-15-5-4-12(11)18/h2-3,6,11-12,15,18H,4-5,7H2,1H3,(H,17,19)/t11-,12+/m0/s1. The van der Waals surface area contributed by atoms with Crippen molar-refractivity contribution in [2.75, 3.05) is 13.1 Å². The summed E-state index contributed by atoms with van der Waals surface area (Å²) in [7, 11) is 0. The van der Waals surface area contributed by atoms with Gasteiger partial charge in [-0.3, -0.25) is 4.79 Å². The first-order valence-electron chi connectivity index (χ1n) is 6.70. The third kappa shape index (κ3) is 2.67. The first-order valence-corrected chi connectivity index (χ1v) is 7.52. The van der Waals surface area contributed by atoms with Crippen molar-refractivity contribution in [2.45, 2.75) is 25.5 Å². The van der Waals surface area contributed by atoms with Crippen LogP contribution in [0.2, 0.25) is 0 Å². The summed E-state index contributed by atoms with van der Waals surface area (Å²) in [6.45, 7) is 3.35. The second-order valence-corrected chi connectivity index (χ2v) is 6.29. The Morgan fingerprint density at radius 1 is 1.55 bits per heavy atom. The molecule has 5 nitrogen and oxygen atoms in total. The molecule has 3 N–H and O–H groups in total. The van der Waals surface area contributed by atoms with Crippen LogP contribution in [0.1, 0.15) is 21.8 Å². The van der Waals surface area contributed by atoms with Gasteiger partial charge in [-0.1, -0.05) is 0 Å². The summed E-state index contributed by atoms with van der Waals surface area (Å²) in [5.41, 5.74) is 1.53. The fraction of sp³-hybridized carbons (Fsp3) is 0.429. The number of fused-ring (bicyclic) bond motifs is 1. The maximum absolute atomic E-state index is 12.2. The largest absolute Gasteiger partial charge is 0.391 e. The van der Waals surface area contributed by atoms with Gasteiger partial charge in [0.05, 0.1) is 27.4 Å². The molecular weight excluding hydrogens is 274 g/mol. The van der Waals surface area contributed by atoms with Gasteiger partial charge < -0.3 is 15.7 Å². The van der Waals surface area contributed by atoms with Crippen molar-refractivity contribution >= 4 is 27.5 Å². The van der Waals surface area contributed by atoms with Gasteiger partial charge >= 0.3 is 0 Å². The lowest BCUT2D eigenvalue weighted by Crippen LogP contribution is -2.53. The Kier molecular flexibility index (Phi) is 3.69. The molecule has 6 heteroatoms. The summed E-state index contributed by atoms with van der Waals surface area (Å²) in [6.07, 6.45) is 0.187. The summed E-state index contributed by atoms with van der Waals surface area (Å²) >= 11 is 1.58. The number of piperidine rings is 1. The molecule has 2 heterocycles. The maximum Gasteiger partial charge on any atom is 0.251 e. The number of nitrogens with one attached hydrogen (secondary N) is 2. The Bertz CT molecular complexity index is 640. The van der Waals surface area contributed by atoms with Crippen molar-refractivity contribution in [3.63, 3.8) is 0 Å². The van der Waals surface area contributed by atoms with Gasteiger partial charge in [-0.15, -0.1) is 11.3 Å². The Labute approximate surface area is 121 Å². The molecule has 0 bridgehead atoms. The SMILES string of the molecule is Cc1nc2ccc(C(=O)N[C@H]3CNCC[C@H]3O)cc2s1. The van der Waals surface area contributed by atoms with E-state index in [-0.39, 0.29) is 11.9 Å². The van der Waals surface area contributed by atoms with E-state index >= 15 is 0 Å². The number of amides is 1. The van der Waals surface area contributed by atoms with Crippen LogP contribution in [-0.2, 0) is 0 Å². The van der Waals surface area contributed by atoms with E-state index in [1.54, 1.807) is 17.4 Å². The molecule has 2 aromatic rings. The van der Waals surface area contributed by atoms with Crippen LogP contribution in [0.5, 0.6) is 0 Å². The Hall–Kier alpha value is -1.50. The molecular formula is C14H17N3O2S. The number of aliphatic hydroxyl groups is 1. The van der Waals surface area contributed by atoms with Crippen molar-refractivity contribution in [3.05, 3.63) is 28.8 Å². The summed E-state index contributed by atoms with van der Waals surface area (Å²) < 4.78 is 1.01. The zero-order valence-corrected chi connectivity index (χ0v) is 12.0. The van der Waals surface area contributed by atoms with Crippen molar-refractivity contribution < 1.29 is 9.90 Å². The molecule has 1 amide bonds. The van der Waals surface area contributed by atoms with Gasteiger partial charge in [0.15, 0.2) is 0 Å². The van der Waals surface area contributed by atoms with E-state index in [0.717, 1.165) is 21.8 Å². The summed E-state index contributed by atoms with van der Waals surface area (Å²) in [5, 5.41) is 16.9. The number of carbonyl (C=O) groups excluding carboxylic acids is 1. The molecule has 1 saturated heterocycles. The predicted molar refractivity (Wildman–Crippen MR) is 79.1 cm³/mol. The third-order valence-corrected chi connectivity index (χ3v) is 4.45. The van der Waals surface area contributed by atoms with Crippen molar-refractivity contribution in [3.8, 4) is 0 Å². The van der Waals surface area contributed by atoms with E-state index in [4.69, 9.17) is 0 Å². The third-order valence-electron chi connectivity index (χ3n) is 3.52. The number of thiazole rings is 1.